The number of thiol groups is 1. The van der Waals surface area contributed by atoms with Gasteiger partial charge in [0.1, 0.15) is 0 Å². The van der Waals surface area contributed by atoms with Gasteiger partial charge in [0, 0.05) is 5.75 Å². The summed E-state index contributed by atoms with van der Waals surface area (Å²) in [4.78, 5) is 10.1. The summed E-state index contributed by atoms with van der Waals surface area (Å²) in [5.41, 5.74) is 0.220. The van der Waals surface area contributed by atoms with Crippen LogP contribution in [-0.4, -0.2) is 34.6 Å². The predicted molar refractivity (Wildman–Crippen MR) is 57.7 cm³/mol. The molecule has 0 aliphatic carbocycles. The first-order valence-corrected chi connectivity index (χ1v) is 4.91. The van der Waals surface area contributed by atoms with Gasteiger partial charge in [-0.2, -0.15) is 12.6 Å². The quantitative estimate of drug-likeness (QED) is 0.390. The first kappa shape index (κ1) is 18.9. The molecule has 0 saturated heterocycles. The first-order chi connectivity index (χ1) is 7.11. The van der Waals surface area contributed by atoms with E-state index in [0.29, 0.717) is 5.75 Å². The number of carboxylic acid groups (broad SMARTS) is 1. The van der Waals surface area contributed by atoms with Crippen molar-refractivity contribution in [3.8, 4) is 0 Å². The number of rotatable bonds is 3. The van der Waals surface area contributed by atoms with Gasteiger partial charge in [0.25, 0.3) is 0 Å². The Morgan fingerprint density at radius 1 is 1.38 bits per heavy atom. The van der Waals surface area contributed by atoms with Gasteiger partial charge in [0.2, 0.25) is 0 Å². The maximum absolute atomic E-state index is 10.1. The fraction of sp³-hybridized carbons (Fsp3) is 0.300. The van der Waals surface area contributed by atoms with Crippen molar-refractivity contribution < 1.29 is 71.5 Å². The van der Waals surface area contributed by atoms with Gasteiger partial charge in [-0.25, -0.2) is 0 Å². The third-order valence-corrected chi connectivity index (χ3v) is 1.85. The van der Waals surface area contributed by atoms with E-state index in [0.717, 1.165) is 0 Å². The number of carboxylic acids is 1. The molecule has 84 valence electrons. The third kappa shape index (κ3) is 9.80. The molecule has 16 heavy (non-hydrogen) atoms. The molecule has 0 aliphatic rings. The second-order valence-electron chi connectivity index (χ2n) is 2.67. The zero-order valence-electron chi connectivity index (χ0n) is 9.04. The number of aliphatic hydroxyl groups is 2. The molecule has 0 aliphatic heterocycles. The number of carbonyl (C=O) groups is 1. The number of aliphatic hydroxyl groups excluding tert-OH is 2. The molecule has 4 nitrogen and oxygen atoms in total. The van der Waals surface area contributed by atoms with Crippen LogP contribution in [0.25, 0.3) is 0 Å². The topological polar surface area (TPSA) is 80.6 Å². The van der Waals surface area contributed by atoms with Crippen LogP contribution in [0.2, 0.25) is 0 Å². The molecule has 1 unspecified atom stereocenters. The largest absolute Gasteiger partial charge is 1.00 e. The Balaban J connectivity index is 0. The van der Waals surface area contributed by atoms with Crippen molar-refractivity contribution >= 4 is 18.6 Å². The van der Waals surface area contributed by atoms with Crippen LogP contribution in [0.3, 0.4) is 0 Å². The summed E-state index contributed by atoms with van der Waals surface area (Å²) in [6.07, 6.45) is -0.645. The first-order valence-electron chi connectivity index (χ1n) is 4.28. The van der Waals surface area contributed by atoms with Gasteiger partial charge < -0.3 is 20.1 Å². The fourth-order valence-electron chi connectivity index (χ4n) is 0.632. The second kappa shape index (κ2) is 12.1. The molecular weight excluding hydrogens is 255 g/mol. The Bertz CT molecular complexity index is 277. The Labute approximate surface area is 143 Å². The summed E-state index contributed by atoms with van der Waals surface area (Å²) in [5.74, 6) is -0.799. The molecule has 0 radical (unpaired) electrons. The molecule has 0 spiro atoms. The van der Waals surface area contributed by atoms with Gasteiger partial charge in [0.05, 0.1) is 18.7 Å². The van der Waals surface area contributed by atoms with E-state index < -0.39 is 12.1 Å². The smallest absolute Gasteiger partial charge is 0.545 e. The number of hydrogen-bond acceptors (Lipinski definition) is 5. The summed E-state index contributed by atoms with van der Waals surface area (Å²) in [6.45, 7) is -0.191. The Morgan fingerprint density at radius 3 is 2.06 bits per heavy atom. The van der Waals surface area contributed by atoms with E-state index in [1.54, 1.807) is 18.2 Å². The standard InChI is InChI=1S/C7H6O2.C3H8O2S.K/c8-7(9)6-4-2-1-3-5-6;4-1-3(5)2-6;/h1-5H,(H,8,9);3-6H,1-2H2;/q;;+1/p-1. The summed E-state index contributed by atoms with van der Waals surface area (Å²) < 4.78 is 0. The molecule has 1 aromatic carbocycles. The van der Waals surface area contributed by atoms with E-state index in [-0.39, 0.29) is 63.6 Å². The second-order valence-corrected chi connectivity index (χ2v) is 3.04. The summed E-state index contributed by atoms with van der Waals surface area (Å²) >= 11 is 3.69. The normalized spacial score (nSPS) is 10.4. The van der Waals surface area contributed by atoms with Crippen LogP contribution in [0, 0.1) is 0 Å². The average molecular weight is 268 g/mol. The van der Waals surface area contributed by atoms with Crippen molar-refractivity contribution in [2.45, 2.75) is 6.10 Å². The zero-order valence-corrected chi connectivity index (χ0v) is 13.1. The van der Waals surface area contributed by atoms with Gasteiger partial charge in [-0.1, -0.05) is 30.3 Å². The molecule has 2 N–H and O–H groups in total. The molecule has 0 saturated carbocycles. The van der Waals surface area contributed by atoms with E-state index in [1.807, 2.05) is 0 Å². The molecule has 1 atom stereocenters. The van der Waals surface area contributed by atoms with Crippen LogP contribution in [0.4, 0.5) is 0 Å². The van der Waals surface area contributed by atoms with Crippen molar-refractivity contribution in [1.82, 2.24) is 0 Å². The van der Waals surface area contributed by atoms with Crippen molar-refractivity contribution in [1.29, 1.82) is 0 Å². The average Bonchev–Trinajstić information content (AvgIpc) is 2.30. The maximum Gasteiger partial charge on any atom is 1.00 e. The molecule has 6 heteroatoms. The van der Waals surface area contributed by atoms with Crippen molar-refractivity contribution in [3.63, 3.8) is 0 Å². The summed E-state index contributed by atoms with van der Waals surface area (Å²) in [6, 6.07) is 8.06. The van der Waals surface area contributed by atoms with Gasteiger partial charge in [-0.05, 0) is 5.56 Å². The van der Waals surface area contributed by atoms with Crippen LogP contribution in [0.15, 0.2) is 30.3 Å². The predicted octanol–water partition coefficient (Wildman–Crippen LogP) is -3.68. The van der Waals surface area contributed by atoms with Gasteiger partial charge in [-0.3, -0.25) is 0 Å². The Hall–Kier alpha value is 0.596. The minimum absolute atomic E-state index is 0. The number of hydrogen-bond donors (Lipinski definition) is 3. The van der Waals surface area contributed by atoms with Gasteiger partial charge in [-0.15, -0.1) is 0 Å². The van der Waals surface area contributed by atoms with E-state index in [9.17, 15) is 9.90 Å². The van der Waals surface area contributed by atoms with E-state index in [2.05, 4.69) is 12.6 Å². The van der Waals surface area contributed by atoms with E-state index in [1.165, 1.54) is 12.1 Å². The van der Waals surface area contributed by atoms with E-state index >= 15 is 0 Å². The number of carbonyl (C=O) groups excluding carboxylic acids is 1. The Kier molecular flexibility index (Phi) is 14.3. The van der Waals surface area contributed by atoms with E-state index in [4.69, 9.17) is 10.2 Å². The molecule has 0 heterocycles. The van der Waals surface area contributed by atoms with Crippen molar-refractivity contribution in [3.05, 3.63) is 35.9 Å². The zero-order chi connectivity index (χ0) is 11.7. The van der Waals surface area contributed by atoms with Crippen molar-refractivity contribution in [2.75, 3.05) is 12.4 Å². The molecule has 0 bridgehead atoms. The fourth-order valence-corrected chi connectivity index (χ4v) is 0.747. The summed E-state index contributed by atoms with van der Waals surface area (Å²) in [5, 5.41) is 26.5. The maximum atomic E-state index is 10.1. The SMILES string of the molecule is O=C([O-])c1ccccc1.OCC(O)CS.[K+]. The van der Waals surface area contributed by atoms with Gasteiger partial charge in [0.15, 0.2) is 0 Å². The molecule has 1 aromatic rings. The minimum Gasteiger partial charge on any atom is -0.545 e. The number of benzene rings is 1. The number of aromatic carboxylic acids is 1. The summed E-state index contributed by atoms with van der Waals surface area (Å²) in [7, 11) is 0. The Morgan fingerprint density at radius 2 is 1.88 bits per heavy atom. The molecular formula is C10H13KO4S. The van der Waals surface area contributed by atoms with Crippen LogP contribution >= 0.6 is 12.6 Å². The molecule has 1 rings (SSSR count). The minimum atomic E-state index is -1.13. The van der Waals surface area contributed by atoms with Crippen molar-refractivity contribution in [2.24, 2.45) is 0 Å². The monoisotopic (exact) mass is 268 g/mol. The molecule has 0 amide bonds. The third-order valence-electron chi connectivity index (χ3n) is 1.43. The van der Waals surface area contributed by atoms with Crippen LogP contribution in [0.5, 0.6) is 0 Å². The molecule has 0 aromatic heterocycles. The van der Waals surface area contributed by atoms with Gasteiger partial charge >= 0.3 is 51.4 Å². The molecule has 0 fully saturated rings. The van der Waals surface area contributed by atoms with Crippen LogP contribution in [-0.2, 0) is 0 Å². The van der Waals surface area contributed by atoms with Crippen LogP contribution in [0.1, 0.15) is 10.4 Å². The van der Waals surface area contributed by atoms with Crippen LogP contribution < -0.4 is 56.5 Å².